The number of pyridine rings is 1. The SMILES string of the molecule is C[C@H]1CN(S(=O)(=O)C[C@]23CC[C@H](CC24OCCO4)C3(C)C)CCN1c1ncc(C(F)(F)F)cc1F. The summed E-state index contributed by atoms with van der Waals surface area (Å²) in [6.45, 7) is 7.13. The highest BCUT2D eigenvalue weighted by Crippen LogP contribution is 2.72. The maximum absolute atomic E-state index is 14.5. The third kappa shape index (κ3) is 3.69. The number of piperazine rings is 1. The van der Waals surface area contributed by atoms with Crippen LogP contribution < -0.4 is 4.90 Å². The molecule has 2 bridgehead atoms. The molecule has 7 nitrogen and oxygen atoms in total. The molecule has 0 N–H and O–H groups in total. The van der Waals surface area contributed by atoms with Gasteiger partial charge in [0, 0.05) is 43.7 Å². The standard InChI is InChI=1S/C23H31F4N3O4S/c1-15-13-29(6-7-30(15)19-18(24)10-17(12-28-19)23(25,26)27)35(31,32)14-21-5-4-16(20(21,2)3)11-22(21)33-8-9-34-22/h10,12,15-16H,4-9,11,13-14H2,1-3H3/t15-,16+,21-/m0/s1. The Morgan fingerprint density at radius 2 is 1.89 bits per heavy atom. The molecule has 5 rings (SSSR count). The van der Waals surface area contributed by atoms with Crippen LogP contribution in [0.5, 0.6) is 0 Å². The van der Waals surface area contributed by atoms with E-state index in [0.717, 1.165) is 6.42 Å². The Morgan fingerprint density at radius 3 is 2.46 bits per heavy atom. The van der Waals surface area contributed by atoms with Crippen LogP contribution in [-0.2, 0) is 25.7 Å². The number of rotatable bonds is 4. The summed E-state index contributed by atoms with van der Waals surface area (Å²) in [6.07, 6.45) is -1.76. The van der Waals surface area contributed by atoms with E-state index in [0.29, 0.717) is 44.2 Å². The van der Waals surface area contributed by atoms with Gasteiger partial charge in [-0.3, -0.25) is 0 Å². The van der Waals surface area contributed by atoms with E-state index in [4.69, 9.17) is 9.47 Å². The van der Waals surface area contributed by atoms with Gasteiger partial charge >= 0.3 is 6.18 Å². The van der Waals surface area contributed by atoms with Gasteiger partial charge in [-0.05, 0) is 37.2 Å². The van der Waals surface area contributed by atoms with Gasteiger partial charge in [0.15, 0.2) is 17.4 Å². The normalized spacial score (nSPS) is 32.6. The number of alkyl halides is 3. The molecular weight excluding hydrogens is 490 g/mol. The summed E-state index contributed by atoms with van der Waals surface area (Å²) in [5.41, 5.74) is -2.10. The molecule has 0 amide bonds. The predicted octanol–water partition coefficient (Wildman–Crippen LogP) is 3.65. The molecular formula is C23H31F4N3O4S. The van der Waals surface area contributed by atoms with Gasteiger partial charge in [0.25, 0.3) is 0 Å². The lowest BCUT2D eigenvalue weighted by Crippen LogP contribution is -2.59. The Balaban J connectivity index is 1.35. The maximum atomic E-state index is 14.5. The van der Waals surface area contributed by atoms with Crippen molar-refractivity contribution in [3.05, 3.63) is 23.6 Å². The van der Waals surface area contributed by atoms with Gasteiger partial charge in [0.2, 0.25) is 10.0 Å². The van der Waals surface area contributed by atoms with E-state index in [1.807, 2.05) is 0 Å². The monoisotopic (exact) mass is 521 g/mol. The number of nitrogens with zero attached hydrogens (tertiary/aromatic N) is 3. The molecule has 2 aliphatic heterocycles. The zero-order valence-electron chi connectivity index (χ0n) is 20.1. The Morgan fingerprint density at radius 1 is 1.20 bits per heavy atom. The van der Waals surface area contributed by atoms with Crippen LogP contribution in [-0.4, -0.2) is 68.1 Å². The highest BCUT2D eigenvalue weighted by atomic mass is 32.2. The first kappa shape index (κ1) is 25.2. The molecule has 1 aromatic heterocycles. The Kier molecular flexibility index (Phi) is 5.75. The van der Waals surface area contributed by atoms with Crippen LogP contribution >= 0.6 is 0 Å². The molecule has 2 aliphatic carbocycles. The molecule has 2 saturated carbocycles. The molecule has 3 atom stereocenters. The maximum Gasteiger partial charge on any atom is 0.417 e. The Bertz CT molecular complexity index is 1110. The van der Waals surface area contributed by atoms with Crippen LogP contribution in [0, 0.1) is 22.6 Å². The van der Waals surface area contributed by atoms with Crippen LogP contribution in [0.3, 0.4) is 0 Å². The summed E-state index contributed by atoms with van der Waals surface area (Å²) in [5, 5.41) is 0. The smallest absolute Gasteiger partial charge is 0.349 e. The summed E-state index contributed by atoms with van der Waals surface area (Å²) >= 11 is 0. The van der Waals surface area contributed by atoms with Crippen LogP contribution in [0.25, 0.3) is 0 Å². The van der Waals surface area contributed by atoms with Gasteiger partial charge in [0.1, 0.15) is 0 Å². The molecule has 0 aromatic carbocycles. The minimum absolute atomic E-state index is 0.0825. The Labute approximate surface area is 202 Å². The lowest BCUT2D eigenvalue weighted by Gasteiger charge is -2.48. The molecule has 4 aliphatic rings. The number of halogens is 4. The first-order valence-corrected chi connectivity index (χ1v) is 13.6. The van der Waals surface area contributed by atoms with Crippen molar-refractivity contribution < 1.29 is 35.5 Å². The number of aromatic nitrogens is 1. The second kappa shape index (κ2) is 8.00. The fraction of sp³-hybridized carbons (Fsp3) is 0.783. The van der Waals surface area contributed by atoms with Gasteiger partial charge < -0.3 is 14.4 Å². The molecule has 3 heterocycles. The summed E-state index contributed by atoms with van der Waals surface area (Å²) in [5.74, 6) is -1.94. The number of anilines is 1. The lowest BCUT2D eigenvalue weighted by atomic mass is 9.68. The van der Waals surface area contributed by atoms with Crippen molar-refractivity contribution in [3.63, 3.8) is 0 Å². The summed E-state index contributed by atoms with van der Waals surface area (Å²) in [4.78, 5) is 5.24. The zero-order chi connectivity index (χ0) is 25.4. The summed E-state index contributed by atoms with van der Waals surface area (Å²) < 4.78 is 94.3. The highest BCUT2D eigenvalue weighted by Gasteiger charge is 2.75. The number of hydrogen-bond acceptors (Lipinski definition) is 6. The van der Waals surface area contributed by atoms with Crippen LogP contribution in [0.4, 0.5) is 23.4 Å². The van der Waals surface area contributed by atoms with E-state index >= 15 is 0 Å². The van der Waals surface area contributed by atoms with Crippen molar-refractivity contribution in [2.75, 3.05) is 43.5 Å². The van der Waals surface area contributed by atoms with Crippen LogP contribution in [0.1, 0.15) is 45.6 Å². The van der Waals surface area contributed by atoms with Crippen molar-refractivity contribution in [3.8, 4) is 0 Å². The highest BCUT2D eigenvalue weighted by molar-refractivity contribution is 7.89. The summed E-state index contributed by atoms with van der Waals surface area (Å²) in [7, 11) is -3.74. The van der Waals surface area contributed by atoms with E-state index < -0.39 is 44.8 Å². The summed E-state index contributed by atoms with van der Waals surface area (Å²) in [6, 6.07) is -0.0486. The minimum Gasteiger partial charge on any atom is -0.349 e. The van der Waals surface area contributed by atoms with Crippen molar-refractivity contribution >= 4 is 15.8 Å². The molecule has 1 aromatic rings. The van der Waals surface area contributed by atoms with Crippen LogP contribution in [0.2, 0.25) is 0 Å². The minimum atomic E-state index is -4.69. The first-order chi connectivity index (χ1) is 16.2. The number of hydrogen-bond donors (Lipinski definition) is 0. The molecule has 0 unspecified atom stereocenters. The fourth-order valence-electron chi connectivity index (χ4n) is 6.96. The predicted molar refractivity (Wildman–Crippen MR) is 120 cm³/mol. The third-order valence-electron chi connectivity index (χ3n) is 9.01. The quantitative estimate of drug-likeness (QED) is 0.564. The Hall–Kier alpha value is -1.50. The van der Waals surface area contributed by atoms with E-state index in [1.54, 1.807) is 6.92 Å². The van der Waals surface area contributed by atoms with Crippen molar-refractivity contribution in [1.29, 1.82) is 0 Å². The van der Waals surface area contributed by atoms with E-state index in [2.05, 4.69) is 18.8 Å². The second-order valence-electron chi connectivity index (χ2n) is 10.9. The van der Waals surface area contributed by atoms with Gasteiger partial charge in [-0.2, -0.15) is 17.5 Å². The van der Waals surface area contributed by atoms with Gasteiger partial charge in [-0.1, -0.05) is 13.8 Å². The van der Waals surface area contributed by atoms with Crippen LogP contribution in [0.15, 0.2) is 12.3 Å². The van der Waals surface area contributed by atoms with Crippen molar-refractivity contribution in [2.24, 2.45) is 16.7 Å². The average Bonchev–Trinajstić information content (AvgIpc) is 3.37. The zero-order valence-corrected chi connectivity index (χ0v) is 20.9. The van der Waals surface area contributed by atoms with Crippen molar-refractivity contribution in [1.82, 2.24) is 9.29 Å². The molecule has 35 heavy (non-hydrogen) atoms. The number of ether oxygens (including phenoxy) is 2. The molecule has 196 valence electrons. The average molecular weight is 522 g/mol. The molecule has 12 heteroatoms. The van der Waals surface area contributed by atoms with Crippen molar-refractivity contribution in [2.45, 2.75) is 58.0 Å². The van der Waals surface area contributed by atoms with E-state index in [1.165, 1.54) is 9.21 Å². The van der Waals surface area contributed by atoms with Gasteiger partial charge in [-0.25, -0.2) is 17.8 Å². The number of sulfonamides is 1. The third-order valence-corrected chi connectivity index (χ3v) is 11.0. The first-order valence-electron chi connectivity index (χ1n) is 12.0. The molecule has 4 fully saturated rings. The van der Waals surface area contributed by atoms with E-state index in [9.17, 15) is 26.0 Å². The molecule has 0 radical (unpaired) electrons. The molecule has 1 spiro atoms. The largest absolute Gasteiger partial charge is 0.417 e. The fourth-order valence-corrected chi connectivity index (χ4v) is 9.31. The van der Waals surface area contributed by atoms with E-state index in [-0.39, 0.29) is 36.6 Å². The topological polar surface area (TPSA) is 72.0 Å². The lowest BCUT2D eigenvalue weighted by molar-refractivity contribution is -0.235. The molecule has 2 saturated heterocycles. The number of fused-ring (bicyclic) bond motifs is 3. The second-order valence-corrected chi connectivity index (χ2v) is 12.8. The van der Waals surface area contributed by atoms with Gasteiger partial charge in [0.05, 0.1) is 24.5 Å². The van der Waals surface area contributed by atoms with Gasteiger partial charge in [-0.15, -0.1) is 0 Å².